The van der Waals surface area contributed by atoms with Crippen LogP contribution in [0.25, 0.3) is 0 Å². The lowest BCUT2D eigenvalue weighted by Gasteiger charge is -2.24. The molecule has 1 N–H and O–H groups in total. The quantitative estimate of drug-likeness (QED) is 0.782. The Morgan fingerprint density at radius 3 is 3.18 bits per heavy atom. The number of rotatable bonds is 1. The largest absolute Gasteiger partial charge is 0.361 e. The zero-order valence-corrected chi connectivity index (χ0v) is 9.98. The molecular weight excluding hydrogens is 218 g/mol. The van der Waals surface area contributed by atoms with Crippen molar-refractivity contribution < 1.29 is 9.32 Å². The minimum absolute atomic E-state index is 0.0555. The Bertz CT molecular complexity index is 415. The van der Waals surface area contributed by atoms with Crippen LogP contribution in [0.15, 0.2) is 10.7 Å². The van der Waals surface area contributed by atoms with Gasteiger partial charge in [-0.2, -0.15) is 0 Å². The zero-order chi connectivity index (χ0) is 11.8. The number of piperidine rings is 1. The van der Waals surface area contributed by atoms with Gasteiger partial charge in [-0.25, -0.2) is 0 Å². The summed E-state index contributed by atoms with van der Waals surface area (Å²) in [7, 11) is 0. The third-order valence-corrected chi connectivity index (χ3v) is 3.87. The highest BCUT2D eigenvalue weighted by Crippen LogP contribution is 2.26. The minimum Gasteiger partial charge on any atom is -0.361 e. The number of amides is 1. The fourth-order valence-corrected chi connectivity index (χ4v) is 2.89. The van der Waals surface area contributed by atoms with E-state index in [1.165, 1.54) is 19.0 Å². The molecule has 0 aliphatic carbocycles. The van der Waals surface area contributed by atoms with Gasteiger partial charge in [0.2, 0.25) is 0 Å². The average molecular weight is 235 g/mol. The molecular formula is C12H17N3O2. The maximum atomic E-state index is 12.3. The number of fused-ring (bicyclic) bond motifs is 1. The third-order valence-electron chi connectivity index (χ3n) is 3.87. The second-order valence-corrected chi connectivity index (χ2v) is 4.97. The number of hydrogen-bond acceptors (Lipinski definition) is 4. The molecule has 1 aromatic heterocycles. The van der Waals surface area contributed by atoms with Gasteiger partial charge in [-0.15, -0.1) is 0 Å². The SMILES string of the molecule is Cc1oncc1C(=O)N1CC2CCCNC2C1. The van der Waals surface area contributed by atoms with E-state index in [1.807, 2.05) is 4.90 Å². The van der Waals surface area contributed by atoms with Crippen molar-refractivity contribution in [2.24, 2.45) is 5.92 Å². The summed E-state index contributed by atoms with van der Waals surface area (Å²) in [6.07, 6.45) is 3.96. The molecule has 2 aliphatic heterocycles. The van der Waals surface area contributed by atoms with Crippen LogP contribution < -0.4 is 5.32 Å². The van der Waals surface area contributed by atoms with Crippen molar-refractivity contribution in [2.75, 3.05) is 19.6 Å². The molecule has 5 heteroatoms. The van der Waals surface area contributed by atoms with E-state index in [2.05, 4.69) is 10.5 Å². The van der Waals surface area contributed by atoms with Crippen LogP contribution in [0.5, 0.6) is 0 Å². The van der Waals surface area contributed by atoms with Gasteiger partial charge in [0, 0.05) is 19.1 Å². The molecule has 2 saturated heterocycles. The highest BCUT2D eigenvalue weighted by molar-refractivity contribution is 5.95. The number of carbonyl (C=O) groups is 1. The molecule has 0 radical (unpaired) electrons. The van der Waals surface area contributed by atoms with Crippen molar-refractivity contribution in [3.63, 3.8) is 0 Å². The van der Waals surface area contributed by atoms with E-state index in [0.29, 0.717) is 23.3 Å². The van der Waals surface area contributed by atoms with E-state index in [4.69, 9.17) is 4.52 Å². The Balaban J connectivity index is 1.74. The monoisotopic (exact) mass is 235 g/mol. The van der Waals surface area contributed by atoms with Crippen molar-refractivity contribution in [3.8, 4) is 0 Å². The van der Waals surface area contributed by atoms with Crippen molar-refractivity contribution in [1.29, 1.82) is 0 Å². The Morgan fingerprint density at radius 1 is 1.59 bits per heavy atom. The number of hydrogen-bond donors (Lipinski definition) is 1. The lowest BCUT2D eigenvalue weighted by atomic mass is 9.94. The molecule has 0 saturated carbocycles. The van der Waals surface area contributed by atoms with Gasteiger partial charge in [-0.05, 0) is 32.2 Å². The lowest BCUT2D eigenvalue weighted by molar-refractivity contribution is 0.0784. The molecule has 2 unspecified atom stereocenters. The van der Waals surface area contributed by atoms with E-state index in [0.717, 1.165) is 19.6 Å². The summed E-state index contributed by atoms with van der Waals surface area (Å²) >= 11 is 0. The van der Waals surface area contributed by atoms with E-state index in [1.54, 1.807) is 6.92 Å². The molecule has 0 spiro atoms. The first-order valence-corrected chi connectivity index (χ1v) is 6.19. The standard InChI is InChI=1S/C12H17N3O2/c1-8-10(5-14-17-8)12(16)15-6-9-3-2-4-13-11(9)7-15/h5,9,11,13H,2-4,6-7H2,1H3. The number of aromatic nitrogens is 1. The highest BCUT2D eigenvalue weighted by atomic mass is 16.5. The number of nitrogens with zero attached hydrogens (tertiary/aromatic N) is 2. The Morgan fingerprint density at radius 2 is 2.47 bits per heavy atom. The summed E-state index contributed by atoms with van der Waals surface area (Å²) in [5.41, 5.74) is 0.601. The summed E-state index contributed by atoms with van der Waals surface area (Å²) in [5, 5.41) is 7.16. The number of aryl methyl sites for hydroxylation is 1. The summed E-state index contributed by atoms with van der Waals surface area (Å²) in [6, 6.07) is 0.480. The lowest BCUT2D eigenvalue weighted by Crippen LogP contribution is -2.41. The smallest absolute Gasteiger partial charge is 0.259 e. The maximum absolute atomic E-state index is 12.3. The molecule has 3 rings (SSSR count). The molecule has 2 aliphatic rings. The average Bonchev–Trinajstić information content (AvgIpc) is 2.93. The molecule has 2 fully saturated rings. The fraction of sp³-hybridized carbons (Fsp3) is 0.667. The zero-order valence-electron chi connectivity index (χ0n) is 9.98. The van der Waals surface area contributed by atoms with E-state index in [-0.39, 0.29) is 5.91 Å². The van der Waals surface area contributed by atoms with Crippen LogP contribution in [0.1, 0.15) is 29.0 Å². The molecule has 1 amide bonds. The van der Waals surface area contributed by atoms with Gasteiger partial charge >= 0.3 is 0 Å². The van der Waals surface area contributed by atoms with Crippen molar-refractivity contribution in [3.05, 3.63) is 17.5 Å². The second kappa shape index (κ2) is 4.14. The molecule has 0 bridgehead atoms. The van der Waals surface area contributed by atoms with Crippen LogP contribution in [0.2, 0.25) is 0 Å². The van der Waals surface area contributed by atoms with Crippen LogP contribution >= 0.6 is 0 Å². The van der Waals surface area contributed by atoms with E-state index >= 15 is 0 Å². The molecule has 3 heterocycles. The van der Waals surface area contributed by atoms with E-state index in [9.17, 15) is 4.79 Å². The normalized spacial score (nSPS) is 28.2. The van der Waals surface area contributed by atoms with Gasteiger partial charge in [-0.1, -0.05) is 5.16 Å². The van der Waals surface area contributed by atoms with Gasteiger partial charge < -0.3 is 14.7 Å². The first-order chi connectivity index (χ1) is 8.25. The van der Waals surface area contributed by atoms with Crippen LogP contribution in [-0.4, -0.2) is 41.6 Å². The molecule has 0 aromatic carbocycles. The number of likely N-dealkylation sites (tertiary alicyclic amines) is 1. The minimum atomic E-state index is 0.0555. The Kier molecular flexibility index (Phi) is 2.63. The molecule has 1 aromatic rings. The van der Waals surface area contributed by atoms with Gasteiger partial charge in [0.1, 0.15) is 11.3 Å². The summed E-state index contributed by atoms with van der Waals surface area (Å²) < 4.78 is 4.95. The predicted octanol–water partition coefficient (Wildman–Crippen LogP) is 0.807. The van der Waals surface area contributed by atoms with Crippen LogP contribution in [0, 0.1) is 12.8 Å². The topological polar surface area (TPSA) is 58.4 Å². The van der Waals surface area contributed by atoms with Crippen LogP contribution in [-0.2, 0) is 0 Å². The van der Waals surface area contributed by atoms with Gasteiger partial charge in [0.05, 0.1) is 6.20 Å². The van der Waals surface area contributed by atoms with Crippen molar-refractivity contribution in [2.45, 2.75) is 25.8 Å². The van der Waals surface area contributed by atoms with Crippen LogP contribution in [0.4, 0.5) is 0 Å². The first kappa shape index (κ1) is 10.8. The summed E-state index contributed by atoms with van der Waals surface area (Å²) in [6.45, 7) is 4.53. The van der Waals surface area contributed by atoms with Gasteiger partial charge in [0.15, 0.2) is 0 Å². The molecule has 5 nitrogen and oxygen atoms in total. The maximum Gasteiger partial charge on any atom is 0.259 e. The predicted molar refractivity (Wildman–Crippen MR) is 61.7 cm³/mol. The molecule has 92 valence electrons. The summed E-state index contributed by atoms with van der Waals surface area (Å²) in [4.78, 5) is 14.2. The number of carbonyl (C=O) groups excluding carboxylic acids is 1. The van der Waals surface area contributed by atoms with Crippen LogP contribution in [0.3, 0.4) is 0 Å². The number of nitrogens with one attached hydrogen (secondary N) is 1. The first-order valence-electron chi connectivity index (χ1n) is 6.19. The van der Waals surface area contributed by atoms with Gasteiger partial charge in [0.25, 0.3) is 5.91 Å². The van der Waals surface area contributed by atoms with Crippen molar-refractivity contribution in [1.82, 2.24) is 15.4 Å². The molecule has 17 heavy (non-hydrogen) atoms. The van der Waals surface area contributed by atoms with E-state index < -0.39 is 0 Å². The summed E-state index contributed by atoms with van der Waals surface area (Å²) in [5.74, 6) is 1.28. The second-order valence-electron chi connectivity index (χ2n) is 4.97. The van der Waals surface area contributed by atoms with Crippen molar-refractivity contribution >= 4 is 5.91 Å². The molecule has 2 atom stereocenters. The fourth-order valence-electron chi connectivity index (χ4n) is 2.89. The van der Waals surface area contributed by atoms with Gasteiger partial charge in [-0.3, -0.25) is 4.79 Å². The highest BCUT2D eigenvalue weighted by Gasteiger charge is 2.37. The Hall–Kier alpha value is -1.36. The Labute approximate surface area is 100 Å². The third kappa shape index (κ3) is 1.84.